The Labute approximate surface area is 203 Å². The van der Waals surface area contributed by atoms with Gasteiger partial charge in [-0.1, -0.05) is 29.8 Å². The van der Waals surface area contributed by atoms with Crippen molar-refractivity contribution < 1.29 is 26.8 Å². The van der Waals surface area contributed by atoms with Crippen LogP contribution >= 0.6 is 7.75 Å². The van der Waals surface area contributed by atoms with Gasteiger partial charge in [-0.25, -0.2) is 23.0 Å². The zero-order valence-corrected chi connectivity index (χ0v) is 21.1. The van der Waals surface area contributed by atoms with Gasteiger partial charge in [0, 0.05) is 11.3 Å². The normalized spacial score (nSPS) is 11.9. The van der Waals surface area contributed by atoms with E-state index in [2.05, 4.69) is 15.3 Å². The number of nitrogens with one attached hydrogen (secondary N) is 2. The number of anilines is 2. The van der Waals surface area contributed by atoms with Gasteiger partial charge in [0.15, 0.2) is 11.5 Å². The number of nitrogen functional groups attached to an aromatic ring is 1. The molecule has 0 fully saturated rings. The van der Waals surface area contributed by atoms with Crippen LogP contribution < -0.4 is 15.5 Å². The minimum Gasteiger partial charge on any atom is -0.382 e. The molecule has 0 saturated carbocycles. The van der Waals surface area contributed by atoms with Crippen molar-refractivity contribution in [3.63, 3.8) is 0 Å². The molecule has 0 saturated heterocycles. The molecule has 13 heteroatoms. The van der Waals surface area contributed by atoms with Gasteiger partial charge in [0.05, 0.1) is 30.0 Å². The molecule has 3 aromatic rings. The first-order chi connectivity index (χ1) is 16.6. The van der Waals surface area contributed by atoms with Crippen LogP contribution in [0.1, 0.15) is 29.9 Å². The van der Waals surface area contributed by atoms with Crippen molar-refractivity contribution in [3.05, 3.63) is 66.0 Å². The highest BCUT2D eigenvalue weighted by Gasteiger charge is 2.31. The van der Waals surface area contributed by atoms with Crippen LogP contribution in [0.3, 0.4) is 0 Å². The lowest BCUT2D eigenvalue weighted by Crippen LogP contribution is -2.23. The van der Waals surface area contributed by atoms with Crippen molar-refractivity contribution in [2.45, 2.75) is 25.7 Å². The number of sulfonamides is 1. The van der Waals surface area contributed by atoms with E-state index < -0.39 is 23.7 Å². The molecule has 1 heterocycles. The zero-order chi connectivity index (χ0) is 25.6. The summed E-state index contributed by atoms with van der Waals surface area (Å²) in [7, 11) is -8.28. The molecular formula is C22H26N5O6PS. The molecule has 35 heavy (non-hydrogen) atoms. The summed E-state index contributed by atoms with van der Waals surface area (Å²) in [6.45, 7) is 5.06. The highest BCUT2D eigenvalue weighted by atomic mass is 32.2. The predicted octanol–water partition coefficient (Wildman–Crippen LogP) is 3.75. The fourth-order valence-electron chi connectivity index (χ4n) is 2.97. The van der Waals surface area contributed by atoms with Crippen LogP contribution in [0.5, 0.6) is 0 Å². The van der Waals surface area contributed by atoms with Crippen LogP contribution in [0.15, 0.2) is 59.6 Å². The lowest BCUT2D eigenvalue weighted by molar-refractivity contribution is 0.102. The number of amides is 1. The second-order valence-electron chi connectivity index (χ2n) is 7.26. The summed E-state index contributed by atoms with van der Waals surface area (Å²) in [5.74, 6) is -0.667. The number of carbonyl (C=O) groups is 1. The maximum Gasteiger partial charge on any atom is 0.419 e. The Hall–Kier alpha value is -3.15. The number of hydrogen-bond acceptors (Lipinski definition) is 9. The van der Waals surface area contributed by atoms with Crippen LogP contribution in [-0.2, 0) is 23.6 Å². The highest BCUT2D eigenvalue weighted by molar-refractivity contribution is 7.94. The van der Waals surface area contributed by atoms with Crippen LogP contribution in [0, 0.1) is 6.92 Å². The Morgan fingerprint density at radius 1 is 1.03 bits per heavy atom. The van der Waals surface area contributed by atoms with E-state index in [1.165, 1.54) is 30.5 Å². The third kappa shape index (κ3) is 6.71. The maximum absolute atomic E-state index is 12.8. The van der Waals surface area contributed by atoms with Gasteiger partial charge in [0.1, 0.15) is 0 Å². The maximum atomic E-state index is 12.8. The number of rotatable bonds is 10. The first-order valence-corrected chi connectivity index (χ1v) is 13.6. The average Bonchev–Trinajstić information content (AvgIpc) is 2.80. The summed E-state index contributed by atoms with van der Waals surface area (Å²) in [5.41, 5.74) is 8.40. The van der Waals surface area contributed by atoms with Gasteiger partial charge < -0.3 is 11.1 Å². The molecule has 2 aromatic carbocycles. The Bertz CT molecular complexity index is 1340. The number of aromatic nitrogens is 2. The molecule has 0 aliphatic carbocycles. The molecule has 0 unspecified atom stereocenters. The standard InChI is InChI=1S/C22H26N5O6PS/c1-4-32-34(29,33-5-2)27-35(30,31)18-12-10-17(11-13-18)25-22(28)20-21(23)24-14-19(26-20)16-8-6-15(3)7-9-16/h6-14H,4-5H2,1-3H3,(H2,23,24)(H,25,28)(H,27,29). The number of carbonyl (C=O) groups excluding carboxylic acids is 1. The summed E-state index contributed by atoms with van der Waals surface area (Å²) < 4.78 is 49.7. The molecule has 1 aromatic heterocycles. The van der Waals surface area contributed by atoms with Gasteiger partial charge in [0.2, 0.25) is 10.0 Å². The van der Waals surface area contributed by atoms with Gasteiger partial charge >= 0.3 is 7.75 Å². The predicted molar refractivity (Wildman–Crippen MR) is 132 cm³/mol. The van der Waals surface area contributed by atoms with E-state index in [0.717, 1.165) is 11.1 Å². The van der Waals surface area contributed by atoms with Gasteiger partial charge in [-0.3, -0.25) is 13.8 Å². The zero-order valence-electron chi connectivity index (χ0n) is 19.4. The largest absolute Gasteiger partial charge is 0.419 e. The molecule has 0 aliphatic rings. The summed E-state index contributed by atoms with van der Waals surface area (Å²) >= 11 is 0. The molecule has 0 spiro atoms. The topological polar surface area (TPSA) is 163 Å². The smallest absolute Gasteiger partial charge is 0.382 e. The second-order valence-corrected chi connectivity index (χ2v) is 11.0. The summed E-state index contributed by atoms with van der Waals surface area (Å²) in [6, 6.07) is 12.8. The van der Waals surface area contributed by atoms with E-state index >= 15 is 0 Å². The Morgan fingerprint density at radius 3 is 2.20 bits per heavy atom. The van der Waals surface area contributed by atoms with E-state index in [9.17, 15) is 17.8 Å². The Balaban J connectivity index is 1.77. The van der Waals surface area contributed by atoms with Crippen molar-refractivity contribution in [1.82, 2.24) is 14.5 Å². The second kappa shape index (κ2) is 11.1. The first kappa shape index (κ1) is 26.5. The molecule has 3 rings (SSSR count). The number of aryl methyl sites for hydroxylation is 1. The van der Waals surface area contributed by atoms with Crippen LogP contribution in [0.25, 0.3) is 11.3 Å². The Morgan fingerprint density at radius 2 is 1.63 bits per heavy atom. The lowest BCUT2D eigenvalue weighted by Gasteiger charge is -2.17. The van der Waals surface area contributed by atoms with Gasteiger partial charge in [-0.05, 0) is 45.0 Å². The monoisotopic (exact) mass is 519 g/mol. The molecule has 0 atom stereocenters. The van der Waals surface area contributed by atoms with E-state index in [-0.39, 0.29) is 35.3 Å². The van der Waals surface area contributed by atoms with Gasteiger partial charge in [0.25, 0.3) is 5.91 Å². The first-order valence-electron chi connectivity index (χ1n) is 10.6. The highest BCUT2D eigenvalue weighted by Crippen LogP contribution is 2.45. The van der Waals surface area contributed by atoms with Crippen molar-refractivity contribution in [2.24, 2.45) is 0 Å². The number of nitrogens with zero attached hydrogens (tertiary/aromatic N) is 2. The van der Waals surface area contributed by atoms with E-state index in [4.69, 9.17) is 14.8 Å². The van der Waals surface area contributed by atoms with Crippen molar-refractivity contribution in [1.29, 1.82) is 0 Å². The Kier molecular flexibility index (Phi) is 8.36. The van der Waals surface area contributed by atoms with Gasteiger partial charge in [-0.2, -0.15) is 0 Å². The molecule has 186 valence electrons. The molecule has 1 amide bonds. The third-order valence-corrected chi connectivity index (χ3v) is 8.56. The van der Waals surface area contributed by atoms with Crippen LogP contribution in [0.2, 0.25) is 0 Å². The van der Waals surface area contributed by atoms with E-state index in [1.807, 2.05) is 35.7 Å². The van der Waals surface area contributed by atoms with E-state index in [1.54, 1.807) is 13.8 Å². The fraction of sp³-hybridized carbons (Fsp3) is 0.227. The van der Waals surface area contributed by atoms with Gasteiger partial charge in [-0.15, -0.1) is 4.49 Å². The number of hydrogen-bond donors (Lipinski definition) is 3. The molecule has 0 aliphatic heterocycles. The molecule has 11 nitrogen and oxygen atoms in total. The van der Waals surface area contributed by atoms with Crippen molar-refractivity contribution in [3.8, 4) is 11.3 Å². The lowest BCUT2D eigenvalue weighted by atomic mass is 10.1. The van der Waals surface area contributed by atoms with Crippen LogP contribution in [0.4, 0.5) is 11.5 Å². The number of nitrogens with two attached hydrogens (primary N) is 1. The minimum atomic E-state index is -4.22. The molecule has 0 bridgehead atoms. The quantitative estimate of drug-likeness (QED) is 0.339. The van der Waals surface area contributed by atoms with E-state index in [0.29, 0.717) is 5.69 Å². The SMILES string of the molecule is CCOP(=O)(NS(=O)(=O)c1ccc(NC(=O)c2nc(-c3ccc(C)cc3)cnc2N)cc1)OCC. The summed E-state index contributed by atoms with van der Waals surface area (Å²) in [6.07, 6.45) is 1.48. The number of benzene rings is 2. The molecule has 0 radical (unpaired) electrons. The fourth-order valence-corrected chi connectivity index (χ4v) is 6.24. The van der Waals surface area contributed by atoms with Crippen molar-refractivity contribution in [2.75, 3.05) is 24.3 Å². The average molecular weight is 520 g/mol. The summed E-state index contributed by atoms with van der Waals surface area (Å²) in [5, 5.41) is 2.61. The third-order valence-electron chi connectivity index (χ3n) is 4.62. The summed E-state index contributed by atoms with van der Waals surface area (Å²) in [4.78, 5) is 21.0. The van der Waals surface area contributed by atoms with Crippen molar-refractivity contribution >= 4 is 35.2 Å². The molecule has 4 N–H and O–H groups in total. The minimum absolute atomic E-state index is 0.0120. The van der Waals surface area contributed by atoms with Crippen LogP contribution in [-0.4, -0.2) is 37.5 Å². The molecular weight excluding hydrogens is 493 g/mol.